The molecule has 2 aromatic carbocycles. The van der Waals surface area contributed by atoms with Gasteiger partial charge < -0.3 is 14.8 Å². The lowest BCUT2D eigenvalue weighted by Crippen LogP contribution is -1.92. The number of hydrogen-bond donors (Lipinski definition) is 1. The molecule has 3 rings (SSSR count). The molecule has 0 aliphatic heterocycles. The Kier molecular flexibility index (Phi) is 6.08. The summed E-state index contributed by atoms with van der Waals surface area (Å²) >= 11 is 3.01. The molecule has 3 aromatic rings. The fraction of sp³-hybridized carbons (Fsp3) is 0.167. The van der Waals surface area contributed by atoms with Crippen molar-refractivity contribution in [2.45, 2.75) is 10.1 Å². The fourth-order valence-corrected chi connectivity index (χ4v) is 4.02. The lowest BCUT2D eigenvalue weighted by Gasteiger charge is -2.07. The molecule has 134 valence electrons. The van der Waals surface area contributed by atoms with Gasteiger partial charge in [0.05, 0.1) is 14.2 Å². The van der Waals surface area contributed by atoms with Crippen molar-refractivity contribution < 1.29 is 14.3 Å². The van der Waals surface area contributed by atoms with Crippen LogP contribution in [0, 0.1) is 0 Å². The van der Waals surface area contributed by atoms with Gasteiger partial charge in [0.25, 0.3) is 0 Å². The molecule has 0 atom stereocenters. The number of aromatic nitrogens is 2. The van der Waals surface area contributed by atoms with Crippen LogP contribution >= 0.6 is 23.1 Å². The maximum Gasteiger partial charge on any atom is 0.210 e. The first-order valence-electron chi connectivity index (χ1n) is 7.71. The average molecular weight is 387 g/mol. The van der Waals surface area contributed by atoms with Crippen LogP contribution in [0.5, 0.6) is 11.5 Å². The molecular formula is C18H17N3O3S2. The van der Waals surface area contributed by atoms with Gasteiger partial charge in [-0.25, -0.2) is 0 Å². The summed E-state index contributed by atoms with van der Waals surface area (Å²) in [5, 5.41) is 12.3. The monoisotopic (exact) mass is 387 g/mol. The summed E-state index contributed by atoms with van der Waals surface area (Å²) in [6, 6.07) is 13.0. The molecule has 26 heavy (non-hydrogen) atoms. The number of carbonyl (C=O) groups is 1. The third-order valence-corrected chi connectivity index (χ3v) is 5.54. The summed E-state index contributed by atoms with van der Waals surface area (Å²) in [6.07, 6.45) is 0.828. The minimum absolute atomic E-state index is 0.624. The summed E-state index contributed by atoms with van der Waals surface area (Å²) in [6.45, 7) is 0. The molecule has 6 nitrogen and oxygen atoms in total. The van der Waals surface area contributed by atoms with E-state index in [2.05, 4.69) is 15.5 Å². The van der Waals surface area contributed by atoms with Crippen LogP contribution in [-0.4, -0.2) is 30.7 Å². The van der Waals surface area contributed by atoms with Crippen molar-refractivity contribution in [1.29, 1.82) is 0 Å². The Labute approximate surface area is 159 Å². The SMILES string of the molecule is COc1cccc(Nc2nnc(SCc3cc(C=O)ccc3OC)s2)c1. The topological polar surface area (TPSA) is 73.3 Å². The van der Waals surface area contributed by atoms with Crippen LogP contribution in [-0.2, 0) is 5.75 Å². The zero-order chi connectivity index (χ0) is 18.4. The van der Waals surface area contributed by atoms with Gasteiger partial charge in [-0.3, -0.25) is 4.79 Å². The van der Waals surface area contributed by atoms with Gasteiger partial charge in [-0.2, -0.15) is 0 Å². The number of aldehydes is 1. The summed E-state index contributed by atoms with van der Waals surface area (Å²) < 4.78 is 11.4. The third kappa shape index (κ3) is 4.53. The van der Waals surface area contributed by atoms with Gasteiger partial charge in [0.15, 0.2) is 4.34 Å². The molecule has 0 amide bonds. The van der Waals surface area contributed by atoms with Gasteiger partial charge in [0.2, 0.25) is 5.13 Å². The van der Waals surface area contributed by atoms with Crippen molar-refractivity contribution in [1.82, 2.24) is 10.2 Å². The number of carbonyl (C=O) groups excluding carboxylic acids is 1. The van der Waals surface area contributed by atoms with Gasteiger partial charge in [-0.15, -0.1) is 10.2 Å². The summed E-state index contributed by atoms with van der Waals surface area (Å²) in [7, 11) is 3.25. The van der Waals surface area contributed by atoms with Crippen molar-refractivity contribution in [3.63, 3.8) is 0 Å². The maximum atomic E-state index is 11.0. The molecule has 0 bridgehead atoms. The summed E-state index contributed by atoms with van der Waals surface area (Å²) in [5.41, 5.74) is 2.45. The zero-order valence-corrected chi connectivity index (χ0v) is 15.9. The molecule has 1 N–H and O–H groups in total. The predicted molar refractivity (Wildman–Crippen MR) is 104 cm³/mol. The van der Waals surface area contributed by atoms with Crippen molar-refractivity contribution >= 4 is 40.2 Å². The molecule has 0 spiro atoms. The van der Waals surface area contributed by atoms with E-state index in [4.69, 9.17) is 9.47 Å². The summed E-state index contributed by atoms with van der Waals surface area (Å²) in [5.74, 6) is 2.16. The first-order valence-corrected chi connectivity index (χ1v) is 9.51. The Morgan fingerprint density at radius 1 is 1.15 bits per heavy atom. The molecule has 0 aliphatic carbocycles. The van der Waals surface area contributed by atoms with Gasteiger partial charge in [0.1, 0.15) is 17.8 Å². The second-order valence-electron chi connectivity index (χ2n) is 5.21. The van der Waals surface area contributed by atoms with Gasteiger partial charge in [-0.05, 0) is 30.3 Å². The number of nitrogens with one attached hydrogen (secondary N) is 1. The first kappa shape index (κ1) is 18.2. The number of nitrogens with zero attached hydrogens (tertiary/aromatic N) is 2. The van der Waals surface area contributed by atoms with E-state index in [-0.39, 0.29) is 0 Å². The van der Waals surface area contributed by atoms with Crippen LogP contribution in [0.2, 0.25) is 0 Å². The van der Waals surface area contributed by atoms with Crippen LogP contribution in [0.1, 0.15) is 15.9 Å². The van der Waals surface area contributed by atoms with E-state index < -0.39 is 0 Å². The van der Waals surface area contributed by atoms with E-state index in [1.54, 1.807) is 38.1 Å². The number of ether oxygens (including phenoxy) is 2. The number of anilines is 2. The molecule has 0 aliphatic rings. The molecule has 0 radical (unpaired) electrons. The Hall–Kier alpha value is -2.58. The minimum atomic E-state index is 0.624. The number of hydrogen-bond acceptors (Lipinski definition) is 8. The van der Waals surface area contributed by atoms with Gasteiger partial charge in [0, 0.05) is 28.6 Å². The highest BCUT2D eigenvalue weighted by Gasteiger charge is 2.09. The minimum Gasteiger partial charge on any atom is -0.497 e. The number of benzene rings is 2. The van der Waals surface area contributed by atoms with Crippen LogP contribution in [0.25, 0.3) is 0 Å². The number of rotatable bonds is 8. The van der Waals surface area contributed by atoms with E-state index in [0.717, 1.165) is 33.4 Å². The Morgan fingerprint density at radius 2 is 2.04 bits per heavy atom. The van der Waals surface area contributed by atoms with Crippen LogP contribution in [0.3, 0.4) is 0 Å². The Bertz CT molecular complexity index is 899. The van der Waals surface area contributed by atoms with Crippen molar-refractivity contribution in [3.8, 4) is 11.5 Å². The van der Waals surface area contributed by atoms with Crippen LogP contribution < -0.4 is 14.8 Å². The van der Waals surface area contributed by atoms with Crippen molar-refractivity contribution in [2.24, 2.45) is 0 Å². The highest BCUT2D eigenvalue weighted by molar-refractivity contribution is 8.00. The molecule has 0 unspecified atom stereocenters. The van der Waals surface area contributed by atoms with E-state index in [1.807, 2.05) is 30.3 Å². The second-order valence-corrected chi connectivity index (χ2v) is 7.41. The van der Waals surface area contributed by atoms with Gasteiger partial charge >= 0.3 is 0 Å². The Balaban J connectivity index is 1.66. The predicted octanol–water partition coefficient (Wildman–Crippen LogP) is 4.40. The standard InChI is InChI=1S/C18H17N3O3S2/c1-23-15-5-3-4-14(9-15)19-17-20-21-18(26-17)25-11-13-8-12(10-22)6-7-16(13)24-2/h3-10H,11H2,1-2H3,(H,19,20). The smallest absolute Gasteiger partial charge is 0.210 e. The highest BCUT2D eigenvalue weighted by atomic mass is 32.2. The van der Waals surface area contributed by atoms with E-state index in [0.29, 0.717) is 16.4 Å². The molecule has 8 heteroatoms. The maximum absolute atomic E-state index is 11.0. The second kappa shape index (κ2) is 8.68. The van der Waals surface area contributed by atoms with E-state index in [9.17, 15) is 4.79 Å². The molecule has 0 fully saturated rings. The summed E-state index contributed by atoms with van der Waals surface area (Å²) in [4.78, 5) is 11.0. The normalized spacial score (nSPS) is 10.4. The number of thioether (sulfide) groups is 1. The van der Waals surface area contributed by atoms with E-state index in [1.165, 1.54) is 11.3 Å². The zero-order valence-electron chi connectivity index (χ0n) is 14.3. The first-order chi connectivity index (χ1) is 12.7. The third-order valence-electron chi connectivity index (χ3n) is 3.52. The number of methoxy groups -OCH3 is 2. The lowest BCUT2D eigenvalue weighted by atomic mass is 10.1. The Morgan fingerprint density at radius 3 is 2.81 bits per heavy atom. The fourth-order valence-electron chi connectivity index (χ4n) is 2.27. The molecule has 0 saturated carbocycles. The van der Waals surface area contributed by atoms with Crippen molar-refractivity contribution in [2.75, 3.05) is 19.5 Å². The van der Waals surface area contributed by atoms with E-state index >= 15 is 0 Å². The molecule has 1 aromatic heterocycles. The van der Waals surface area contributed by atoms with Crippen LogP contribution in [0.4, 0.5) is 10.8 Å². The van der Waals surface area contributed by atoms with Gasteiger partial charge in [-0.1, -0.05) is 29.2 Å². The largest absolute Gasteiger partial charge is 0.497 e. The van der Waals surface area contributed by atoms with Crippen molar-refractivity contribution in [3.05, 3.63) is 53.6 Å². The highest BCUT2D eigenvalue weighted by Crippen LogP contribution is 2.33. The molecular weight excluding hydrogens is 370 g/mol. The lowest BCUT2D eigenvalue weighted by molar-refractivity contribution is 0.112. The molecule has 1 heterocycles. The average Bonchev–Trinajstić information content (AvgIpc) is 3.13. The quantitative estimate of drug-likeness (QED) is 0.453. The molecule has 0 saturated heterocycles. The van der Waals surface area contributed by atoms with Crippen LogP contribution in [0.15, 0.2) is 46.8 Å².